The Morgan fingerprint density at radius 2 is 2.50 bits per heavy atom. The van der Waals surface area contributed by atoms with Crippen LogP contribution < -0.4 is 5.73 Å². The molecule has 0 radical (unpaired) electrons. The average molecular weight is 107 g/mol. The van der Waals surface area contributed by atoms with Gasteiger partial charge in [0.2, 0.25) is 0 Å². The zero-order valence-electron chi connectivity index (χ0n) is 3.42. The van der Waals surface area contributed by atoms with Crippen molar-refractivity contribution in [2.24, 2.45) is 5.73 Å². The van der Waals surface area contributed by atoms with Crippen LogP contribution in [0.15, 0.2) is 0 Å². The van der Waals surface area contributed by atoms with E-state index in [0.717, 1.165) is 0 Å². The van der Waals surface area contributed by atoms with Crippen LogP contribution in [-0.2, 0) is 9.09 Å². The van der Waals surface area contributed by atoms with Gasteiger partial charge in [-0.2, -0.15) is 0 Å². The van der Waals surface area contributed by atoms with E-state index in [-0.39, 0.29) is 8.69 Å². The lowest BCUT2D eigenvalue weighted by Crippen LogP contribution is -2.13. The fraction of sp³-hybridized carbons (Fsp3) is 1.00. The van der Waals surface area contributed by atoms with Crippen LogP contribution in [0.2, 0.25) is 0 Å². The highest BCUT2D eigenvalue weighted by atomic mass is 31.1. The molecule has 4 heteroatoms. The van der Waals surface area contributed by atoms with Crippen LogP contribution in [-0.4, -0.2) is 6.23 Å². The van der Waals surface area contributed by atoms with Crippen LogP contribution in [0.4, 0.5) is 0 Å². The second-order valence-electron chi connectivity index (χ2n) is 0.885. The van der Waals surface area contributed by atoms with E-state index in [1.165, 1.54) is 0 Å². The van der Waals surface area contributed by atoms with Crippen LogP contribution in [0.1, 0.15) is 6.92 Å². The van der Waals surface area contributed by atoms with E-state index >= 15 is 0 Å². The van der Waals surface area contributed by atoms with E-state index in [2.05, 4.69) is 4.52 Å². The first-order valence-corrected chi connectivity index (χ1v) is 2.24. The first kappa shape index (κ1) is 6.02. The van der Waals surface area contributed by atoms with Crippen LogP contribution in [0.3, 0.4) is 0 Å². The lowest BCUT2D eigenvalue weighted by molar-refractivity contribution is 0.254. The maximum Gasteiger partial charge on any atom is 0.328 e. The van der Waals surface area contributed by atoms with Crippen molar-refractivity contribution in [1.82, 2.24) is 0 Å². The quantitative estimate of drug-likeness (QED) is 0.413. The molecule has 0 aromatic carbocycles. The Labute approximate surface area is 37.8 Å². The molecule has 0 saturated carbocycles. The molecule has 0 aromatic heterocycles. The second-order valence-corrected chi connectivity index (χ2v) is 1.24. The van der Waals surface area contributed by atoms with E-state index in [1.54, 1.807) is 6.92 Å². The molecule has 3 nitrogen and oxygen atoms in total. The summed E-state index contributed by atoms with van der Waals surface area (Å²) in [6.07, 6.45) is -0.427. The van der Waals surface area contributed by atoms with Gasteiger partial charge >= 0.3 is 8.69 Å². The summed E-state index contributed by atoms with van der Waals surface area (Å²) in [5, 5.41) is 0. The summed E-state index contributed by atoms with van der Waals surface area (Å²) in [4.78, 5) is 0. The largest absolute Gasteiger partial charge is 0.328 e. The Morgan fingerprint density at radius 3 is 2.50 bits per heavy atom. The van der Waals surface area contributed by atoms with Gasteiger partial charge in [-0.05, 0) is 6.92 Å². The predicted molar refractivity (Wildman–Crippen MR) is 22.3 cm³/mol. The minimum absolute atomic E-state index is 0.351. The Kier molecular flexibility index (Phi) is 3.23. The van der Waals surface area contributed by atoms with Crippen molar-refractivity contribution in [2.45, 2.75) is 13.2 Å². The fourth-order valence-electron chi connectivity index (χ4n) is 0.0679. The molecule has 0 aliphatic heterocycles. The minimum Gasteiger partial charge on any atom is -0.306 e. The van der Waals surface area contributed by atoms with Gasteiger partial charge in [0.25, 0.3) is 0 Å². The molecule has 0 rings (SSSR count). The van der Waals surface area contributed by atoms with Gasteiger partial charge in [-0.1, -0.05) is 0 Å². The van der Waals surface area contributed by atoms with Crippen LogP contribution >= 0.6 is 8.69 Å². The van der Waals surface area contributed by atoms with Crippen molar-refractivity contribution < 1.29 is 9.09 Å². The van der Waals surface area contributed by atoms with Crippen molar-refractivity contribution in [1.29, 1.82) is 0 Å². The molecule has 1 atom stereocenters. The maximum absolute atomic E-state index is 9.41. The summed E-state index contributed by atoms with van der Waals surface area (Å²) in [7, 11) is -0.351. The second kappa shape index (κ2) is 3.22. The third-order valence-corrected chi connectivity index (χ3v) is 0.628. The topological polar surface area (TPSA) is 52.3 Å². The Bertz CT molecular complexity index is 46.8. The van der Waals surface area contributed by atoms with Crippen molar-refractivity contribution in [3.05, 3.63) is 0 Å². The van der Waals surface area contributed by atoms with Crippen LogP contribution in [0.5, 0.6) is 0 Å². The SMILES string of the molecule is CC(N)OP=O. The third-order valence-electron chi connectivity index (χ3n) is 0.209. The third kappa shape index (κ3) is 4.02. The lowest BCUT2D eigenvalue weighted by atomic mass is 10.7. The summed E-state index contributed by atoms with van der Waals surface area (Å²) in [6.45, 7) is 1.60. The molecule has 0 aromatic rings. The van der Waals surface area contributed by atoms with E-state index < -0.39 is 6.23 Å². The lowest BCUT2D eigenvalue weighted by Gasteiger charge is -1.92. The number of hydrogen-bond acceptors (Lipinski definition) is 3. The molecule has 0 fully saturated rings. The molecule has 0 heterocycles. The number of nitrogens with two attached hydrogens (primary N) is 1. The minimum atomic E-state index is -0.427. The van der Waals surface area contributed by atoms with Gasteiger partial charge in [0.1, 0.15) is 6.23 Å². The Balaban J connectivity index is 2.81. The summed E-state index contributed by atoms with van der Waals surface area (Å²) < 4.78 is 13.6. The van der Waals surface area contributed by atoms with Crippen molar-refractivity contribution in [3.63, 3.8) is 0 Å². The molecule has 0 amide bonds. The number of rotatable bonds is 2. The van der Waals surface area contributed by atoms with Crippen LogP contribution in [0.25, 0.3) is 0 Å². The molecule has 0 saturated heterocycles. The Hall–Kier alpha value is 0.0200. The molecule has 0 spiro atoms. The standard InChI is InChI=1S/C2H6NO2P/c1-2(3)5-6-4/h2H,3H2,1H3. The fourth-order valence-corrected chi connectivity index (χ4v) is 0.204. The zero-order valence-corrected chi connectivity index (χ0v) is 4.31. The van der Waals surface area contributed by atoms with Gasteiger partial charge in [-0.25, -0.2) is 4.57 Å². The molecule has 2 N–H and O–H groups in total. The highest BCUT2D eigenvalue weighted by Crippen LogP contribution is 1.94. The summed E-state index contributed by atoms with van der Waals surface area (Å²) in [6, 6.07) is 0. The summed E-state index contributed by atoms with van der Waals surface area (Å²) in [5.74, 6) is 0. The summed E-state index contributed by atoms with van der Waals surface area (Å²) >= 11 is 0. The normalized spacial score (nSPS) is 15.0. The molecule has 1 unspecified atom stereocenters. The number of hydrogen-bond donors (Lipinski definition) is 1. The highest BCUT2D eigenvalue weighted by molar-refractivity contribution is 7.17. The molecule has 0 aliphatic rings. The molecule has 6 heavy (non-hydrogen) atoms. The molecular formula is C2H6NO2P. The van der Waals surface area contributed by atoms with E-state index in [4.69, 9.17) is 5.73 Å². The van der Waals surface area contributed by atoms with Crippen molar-refractivity contribution in [3.8, 4) is 0 Å². The van der Waals surface area contributed by atoms with Gasteiger partial charge < -0.3 is 5.73 Å². The van der Waals surface area contributed by atoms with Gasteiger partial charge in [0.15, 0.2) is 0 Å². The van der Waals surface area contributed by atoms with Gasteiger partial charge in [-0.3, -0.25) is 4.52 Å². The van der Waals surface area contributed by atoms with Gasteiger partial charge in [0.05, 0.1) is 0 Å². The smallest absolute Gasteiger partial charge is 0.306 e. The maximum atomic E-state index is 9.41. The molecular weight excluding hydrogens is 101 g/mol. The summed E-state index contributed by atoms with van der Waals surface area (Å²) in [5.41, 5.74) is 4.97. The first-order chi connectivity index (χ1) is 2.77. The van der Waals surface area contributed by atoms with Crippen LogP contribution in [0, 0.1) is 0 Å². The monoisotopic (exact) mass is 107 g/mol. The Morgan fingerprint density at radius 1 is 2.00 bits per heavy atom. The van der Waals surface area contributed by atoms with Gasteiger partial charge in [-0.15, -0.1) is 0 Å². The molecule has 0 aliphatic carbocycles. The predicted octanol–water partition coefficient (Wildman–Crippen LogP) is 0.514. The molecule has 36 valence electrons. The zero-order chi connectivity index (χ0) is 4.99. The molecule has 0 bridgehead atoms. The highest BCUT2D eigenvalue weighted by Gasteiger charge is 1.85. The van der Waals surface area contributed by atoms with E-state index in [9.17, 15) is 4.57 Å². The van der Waals surface area contributed by atoms with E-state index in [0.29, 0.717) is 0 Å². The van der Waals surface area contributed by atoms with Crippen molar-refractivity contribution in [2.75, 3.05) is 0 Å². The van der Waals surface area contributed by atoms with Crippen molar-refractivity contribution >= 4 is 8.69 Å². The first-order valence-electron chi connectivity index (χ1n) is 1.51. The van der Waals surface area contributed by atoms with E-state index in [1.807, 2.05) is 0 Å². The average Bonchev–Trinajstić information content (AvgIpc) is 1.35. The van der Waals surface area contributed by atoms with Gasteiger partial charge in [0, 0.05) is 0 Å².